The summed E-state index contributed by atoms with van der Waals surface area (Å²) in [5.41, 5.74) is 2.85. The molecule has 3 aromatic heterocycles. The van der Waals surface area contributed by atoms with E-state index >= 15 is 0 Å². The number of carbonyl (C=O) groups is 1. The first-order valence-corrected chi connectivity index (χ1v) is 8.92. The Morgan fingerprint density at radius 2 is 2.04 bits per heavy atom. The van der Waals surface area contributed by atoms with Crippen LogP contribution in [0.1, 0.15) is 31.4 Å². The predicted octanol–water partition coefficient (Wildman–Crippen LogP) is 2.90. The molecule has 0 aliphatic heterocycles. The zero-order valence-corrected chi connectivity index (χ0v) is 15.0. The van der Waals surface area contributed by atoms with E-state index in [1.54, 1.807) is 29.1 Å². The molecule has 0 unspecified atom stereocenters. The minimum absolute atomic E-state index is 0.0410. The molecule has 3 heterocycles. The fourth-order valence-corrected chi connectivity index (χ4v) is 3.22. The van der Waals surface area contributed by atoms with E-state index in [1.807, 2.05) is 37.3 Å². The van der Waals surface area contributed by atoms with Gasteiger partial charge in [-0.05, 0) is 18.9 Å². The highest BCUT2D eigenvalue weighted by Gasteiger charge is 2.12. The molecule has 1 atom stereocenters. The summed E-state index contributed by atoms with van der Waals surface area (Å²) in [5, 5.41) is 7.19. The van der Waals surface area contributed by atoms with Gasteiger partial charge in [-0.3, -0.25) is 14.0 Å². The first-order valence-electron chi connectivity index (χ1n) is 8.92. The Labute approximate surface area is 155 Å². The topological polar surface area (TPSA) is 81.5 Å². The summed E-state index contributed by atoms with van der Waals surface area (Å²) in [7, 11) is 0. The average Bonchev–Trinajstić information content (AvgIpc) is 3.26. The second-order valence-corrected chi connectivity index (χ2v) is 6.53. The second-order valence-electron chi connectivity index (χ2n) is 6.53. The summed E-state index contributed by atoms with van der Waals surface area (Å²) in [4.78, 5) is 24.7. The smallest absolute Gasteiger partial charge is 0.291 e. The SMILES string of the molecule is C[C@@H](NC(=O)CCCn1ncn2c(cc3occc32)c1=O)c1ccccc1. The van der Waals surface area contributed by atoms with E-state index < -0.39 is 0 Å². The Kier molecular flexibility index (Phi) is 4.50. The monoisotopic (exact) mass is 364 g/mol. The number of hydrogen-bond acceptors (Lipinski definition) is 4. The molecule has 7 heteroatoms. The number of hydrogen-bond donors (Lipinski definition) is 1. The van der Waals surface area contributed by atoms with Crippen molar-refractivity contribution in [3.05, 3.63) is 71.0 Å². The van der Waals surface area contributed by atoms with E-state index in [-0.39, 0.29) is 17.5 Å². The fourth-order valence-electron chi connectivity index (χ4n) is 3.22. The number of carbonyl (C=O) groups excluding carboxylic acids is 1. The van der Waals surface area contributed by atoms with E-state index in [0.717, 1.165) is 11.1 Å². The largest absolute Gasteiger partial charge is 0.463 e. The highest BCUT2D eigenvalue weighted by Crippen LogP contribution is 2.18. The first kappa shape index (κ1) is 17.1. The molecule has 7 nitrogen and oxygen atoms in total. The molecule has 138 valence electrons. The molecule has 0 radical (unpaired) electrons. The summed E-state index contributed by atoms with van der Waals surface area (Å²) in [6.07, 6.45) is 4.05. The lowest BCUT2D eigenvalue weighted by atomic mass is 10.1. The van der Waals surface area contributed by atoms with Crippen molar-refractivity contribution >= 4 is 22.5 Å². The molecule has 0 aliphatic rings. The van der Waals surface area contributed by atoms with Crippen molar-refractivity contribution in [2.24, 2.45) is 0 Å². The van der Waals surface area contributed by atoms with Gasteiger partial charge in [0.15, 0.2) is 5.58 Å². The van der Waals surface area contributed by atoms with Crippen LogP contribution in [0.3, 0.4) is 0 Å². The van der Waals surface area contributed by atoms with Crippen molar-refractivity contribution in [3.63, 3.8) is 0 Å². The third-order valence-corrected chi connectivity index (χ3v) is 4.67. The summed E-state index contributed by atoms with van der Waals surface area (Å²) in [5.74, 6) is -0.0410. The van der Waals surface area contributed by atoms with Crippen LogP contribution in [0.4, 0.5) is 0 Å². The summed E-state index contributed by atoms with van der Waals surface area (Å²) in [6.45, 7) is 2.34. The number of aryl methyl sites for hydroxylation is 1. The van der Waals surface area contributed by atoms with Crippen LogP contribution in [0.15, 0.2) is 64.3 Å². The lowest BCUT2D eigenvalue weighted by Crippen LogP contribution is -2.28. The number of benzene rings is 1. The standard InChI is InChI=1S/C20H20N4O3/c1-14(15-6-3-2-4-7-15)22-19(25)8-5-10-24-20(26)17-12-18-16(9-11-27-18)23(17)13-21-24/h2-4,6-7,9,11-14H,5,8,10H2,1H3,(H,22,25)/t14-/m1/s1. The van der Waals surface area contributed by atoms with Crippen LogP contribution in [0.5, 0.6) is 0 Å². The van der Waals surface area contributed by atoms with Gasteiger partial charge in [-0.1, -0.05) is 30.3 Å². The van der Waals surface area contributed by atoms with E-state index in [1.165, 1.54) is 4.68 Å². The van der Waals surface area contributed by atoms with Gasteiger partial charge in [-0.15, -0.1) is 0 Å². The Morgan fingerprint density at radius 1 is 1.22 bits per heavy atom. The van der Waals surface area contributed by atoms with E-state index in [0.29, 0.717) is 30.5 Å². The van der Waals surface area contributed by atoms with Gasteiger partial charge < -0.3 is 9.73 Å². The zero-order valence-electron chi connectivity index (χ0n) is 15.0. The number of rotatable bonds is 6. The van der Waals surface area contributed by atoms with Crippen LogP contribution >= 0.6 is 0 Å². The van der Waals surface area contributed by atoms with Gasteiger partial charge >= 0.3 is 0 Å². The Balaban J connectivity index is 1.38. The number of fused-ring (bicyclic) bond motifs is 3. The van der Waals surface area contributed by atoms with Crippen LogP contribution in [0.2, 0.25) is 0 Å². The van der Waals surface area contributed by atoms with Gasteiger partial charge in [0.25, 0.3) is 5.56 Å². The van der Waals surface area contributed by atoms with Crippen molar-refractivity contribution < 1.29 is 9.21 Å². The maximum Gasteiger partial charge on any atom is 0.291 e. The molecule has 0 fully saturated rings. The highest BCUT2D eigenvalue weighted by molar-refractivity contribution is 5.81. The van der Waals surface area contributed by atoms with Gasteiger partial charge in [-0.2, -0.15) is 5.10 Å². The third-order valence-electron chi connectivity index (χ3n) is 4.67. The molecular weight excluding hydrogens is 344 g/mol. The summed E-state index contributed by atoms with van der Waals surface area (Å²) in [6, 6.07) is 13.3. The van der Waals surface area contributed by atoms with Crippen LogP contribution < -0.4 is 10.9 Å². The second kappa shape index (κ2) is 7.11. The number of furan rings is 1. The minimum Gasteiger partial charge on any atom is -0.463 e. The molecule has 0 spiro atoms. The zero-order chi connectivity index (χ0) is 18.8. The number of aromatic nitrogens is 3. The van der Waals surface area contributed by atoms with Gasteiger partial charge in [0.1, 0.15) is 11.8 Å². The van der Waals surface area contributed by atoms with E-state index in [2.05, 4.69) is 10.4 Å². The molecule has 0 aliphatic carbocycles. The highest BCUT2D eigenvalue weighted by atomic mass is 16.3. The van der Waals surface area contributed by atoms with Crippen molar-refractivity contribution in [2.45, 2.75) is 32.4 Å². The van der Waals surface area contributed by atoms with Crippen LogP contribution in [0.25, 0.3) is 16.6 Å². The van der Waals surface area contributed by atoms with Crippen molar-refractivity contribution in [3.8, 4) is 0 Å². The number of nitrogens with zero attached hydrogens (tertiary/aromatic N) is 3. The van der Waals surface area contributed by atoms with E-state index in [4.69, 9.17) is 4.42 Å². The summed E-state index contributed by atoms with van der Waals surface area (Å²) >= 11 is 0. The molecule has 4 aromatic rings. The van der Waals surface area contributed by atoms with Gasteiger partial charge in [0, 0.05) is 25.1 Å². The normalized spacial score (nSPS) is 12.5. The molecule has 4 rings (SSSR count). The fraction of sp³-hybridized carbons (Fsp3) is 0.250. The van der Waals surface area contributed by atoms with Gasteiger partial charge in [0.2, 0.25) is 5.91 Å². The molecule has 1 aromatic carbocycles. The molecule has 0 saturated heterocycles. The Hall–Kier alpha value is -3.35. The van der Waals surface area contributed by atoms with Gasteiger partial charge in [-0.25, -0.2) is 4.68 Å². The molecule has 0 bridgehead atoms. The van der Waals surface area contributed by atoms with Gasteiger partial charge in [0.05, 0.1) is 17.8 Å². The quantitative estimate of drug-likeness (QED) is 0.570. The molecule has 1 amide bonds. The molecule has 27 heavy (non-hydrogen) atoms. The first-order chi connectivity index (χ1) is 13.1. The molecule has 0 saturated carbocycles. The minimum atomic E-state index is -0.193. The lowest BCUT2D eigenvalue weighted by molar-refractivity contribution is -0.121. The molecule has 1 N–H and O–H groups in total. The van der Waals surface area contributed by atoms with E-state index in [9.17, 15) is 9.59 Å². The predicted molar refractivity (Wildman–Crippen MR) is 101 cm³/mol. The van der Waals surface area contributed by atoms with Crippen LogP contribution in [-0.2, 0) is 11.3 Å². The number of nitrogens with one attached hydrogen (secondary N) is 1. The third kappa shape index (κ3) is 3.36. The van der Waals surface area contributed by atoms with Crippen LogP contribution in [0, 0.1) is 0 Å². The van der Waals surface area contributed by atoms with Crippen molar-refractivity contribution in [1.29, 1.82) is 0 Å². The number of amides is 1. The van der Waals surface area contributed by atoms with Crippen molar-refractivity contribution in [2.75, 3.05) is 0 Å². The molecular formula is C20H20N4O3. The maximum absolute atomic E-state index is 12.6. The lowest BCUT2D eigenvalue weighted by Gasteiger charge is -2.14. The Morgan fingerprint density at radius 3 is 2.85 bits per heavy atom. The maximum atomic E-state index is 12.6. The average molecular weight is 364 g/mol. The Bertz CT molecular complexity index is 1140. The summed E-state index contributed by atoms with van der Waals surface area (Å²) < 4.78 is 8.44. The van der Waals surface area contributed by atoms with Crippen LogP contribution in [-0.4, -0.2) is 20.1 Å². The van der Waals surface area contributed by atoms with Crippen molar-refractivity contribution in [1.82, 2.24) is 19.5 Å².